The molecule has 1 amide bonds. The van der Waals surface area contributed by atoms with Gasteiger partial charge in [0.15, 0.2) is 11.8 Å². The van der Waals surface area contributed by atoms with Crippen LogP contribution in [0.25, 0.3) is 11.3 Å². The lowest BCUT2D eigenvalue weighted by Crippen LogP contribution is -2.20. The number of aryl methyl sites for hydroxylation is 1. The van der Waals surface area contributed by atoms with Gasteiger partial charge in [0, 0.05) is 29.7 Å². The van der Waals surface area contributed by atoms with Gasteiger partial charge in [-0.3, -0.25) is 4.79 Å². The molecular formula is C19H17N3O2S. The molecule has 0 fully saturated rings. The number of fused-ring (bicyclic) bond motifs is 1. The average Bonchev–Trinajstić information content (AvgIpc) is 3.23. The highest BCUT2D eigenvalue weighted by molar-refractivity contribution is 7.99. The van der Waals surface area contributed by atoms with Gasteiger partial charge in [-0.25, -0.2) is 4.98 Å². The number of carbonyl (C=O) groups excluding carboxylic acids is 1. The number of rotatable bonds is 5. The van der Waals surface area contributed by atoms with Gasteiger partial charge in [0.25, 0.3) is 5.91 Å². The summed E-state index contributed by atoms with van der Waals surface area (Å²) in [4.78, 5) is 16.7. The van der Waals surface area contributed by atoms with E-state index in [0.29, 0.717) is 5.75 Å². The number of nitrogens with one attached hydrogen (secondary N) is 1. The Labute approximate surface area is 150 Å². The van der Waals surface area contributed by atoms with Crippen LogP contribution in [0.5, 0.6) is 5.75 Å². The zero-order valence-corrected chi connectivity index (χ0v) is 14.3. The Morgan fingerprint density at radius 1 is 1.20 bits per heavy atom. The zero-order valence-electron chi connectivity index (χ0n) is 13.5. The van der Waals surface area contributed by atoms with E-state index in [1.54, 1.807) is 11.8 Å². The maximum Gasteiger partial charge on any atom is 0.262 e. The summed E-state index contributed by atoms with van der Waals surface area (Å²) in [5.41, 5.74) is 2.66. The number of hydrogen-bond donors (Lipinski definition) is 1. The van der Waals surface area contributed by atoms with Crippen molar-refractivity contribution in [3.8, 4) is 17.0 Å². The van der Waals surface area contributed by atoms with Gasteiger partial charge in [-0.2, -0.15) is 0 Å². The summed E-state index contributed by atoms with van der Waals surface area (Å²) in [6.07, 6.45) is 2.06. The monoisotopic (exact) mass is 351 g/mol. The number of hydrogen-bond acceptors (Lipinski definition) is 4. The minimum absolute atomic E-state index is 0.0242. The van der Waals surface area contributed by atoms with E-state index in [9.17, 15) is 4.79 Å². The first kappa shape index (κ1) is 15.8. The van der Waals surface area contributed by atoms with Crippen molar-refractivity contribution in [3.05, 3.63) is 60.8 Å². The lowest BCUT2D eigenvalue weighted by atomic mass is 10.1. The van der Waals surface area contributed by atoms with E-state index in [1.807, 2.05) is 54.6 Å². The first-order chi connectivity index (χ1) is 12.3. The maximum atomic E-state index is 12.1. The predicted molar refractivity (Wildman–Crippen MR) is 99.0 cm³/mol. The summed E-state index contributed by atoms with van der Waals surface area (Å²) in [6.45, 7) is 0.976. The van der Waals surface area contributed by atoms with Gasteiger partial charge in [-0.15, -0.1) is 0 Å². The van der Waals surface area contributed by atoms with E-state index in [-0.39, 0.29) is 12.5 Å². The Morgan fingerprint density at radius 3 is 2.92 bits per heavy atom. The molecular weight excluding hydrogens is 334 g/mol. The van der Waals surface area contributed by atoms with Crippen LogP contribution in [0.3, 0.4) is 0 Å². The van der Waals surface area contributed by atoms with Crippen molar-refractivity contribution in [1.29, 1.82) is 0 Å². The van der Waals surface area contributed by atoms with Crippen LogP contribution in [0.1, 0.15) is 0 Å². The quantitative estimate of drug-likeness (QED) is 0.762. The molecule has 2 aromatic carbocycles. The molecule has 0 saturated carbocycles. The highest BCUT2D eigenvalue weighted by atomic mass is 32.2. The molecule has 0 radical (unpaired) electrons. The number of amides is 1. The standard InChI is InChI=1S/C19H17N3O2S/c23-18(13-24-16-7-2-1-3-8-16)20-15-6-4-5-14(11-15)17-12-22-9-10-25-19(22)21-17/h1-8,11-12H,9-10,13H2,(H,20,23). The second-order valence-corrected chi connectivity index (χ2v) is 6.74. The summed E-state index contributed by atoms with van der Waals surface area (Å²) >= 11 is 1.77. The van der Waals surface area contributed by atoms with Gasteiger partial charge in [-0.05, 0) is 24.3 Å². The van der Waals surface area contributed by atoms with Crippen LogP contribution in [0.2, 0.25) is 0 Å². The summed E-state index contributed by atoms with van der Waals surface area (Å²) in [7, 11) is 0. The van der Waals surface area contributed by atoms with Crippen LogP contribution in [0, 0.1) is 0 Å². The molecule has 0 atom stereocenters. The molecule has 5 nitrogen and oxygen atoms in total. The lowest BCUT2D eigenvalue weighted by molar-refractivity contribution is -0.118. The van der Waals surface area contributed by atoms with Crippen molar-refractivity contribution in [1.82, 2.24) is 9.55 Å². The number of thioether (sulfide) groups is 1. The van der Waals surface area contributed by atoms with E-state index in [2.05, 4.69) is 21.1 Å². The Balaban J connectivity index is 1.41. The molecule has 4 rings (SSSR count). The smallest absolute Gasteiger partial charge is 0.262 e. The largest absolute Gasteiger partial charge is 0.484 e. The van der Waals surface area contributed by atoms with Crippen LogP contribution in [-0.2, 0) is 11.3 Å². The first-order valence-corrected chi connectivity index (χ1v) is 9.04. The fourth-order valence-electron chi connectivity index (χ4n) is 2.67. The van der Waals surface area contributed by atoms with E-state index >= 15 is 0 Å². The van der Waals surface area contributed by atoms with Gasteiger partial charge >= 0.3 is 0 Å². The fraction of sp³-hybridized carbons (Fsp3) is 0.158. The van der Waals surface area contributed by atoms with Gasteiger partial charge in [0.05, 0.1) is 5.69 Å². The SMILES string of the molecule is O=C(COc1ccccc1)Nc1cccc(-c2cn3c(n2)SCC3)c1. The van der Waals surface area contributed by atoms with E-state index in [1.165, 1.54) is 0 Å². The fourth-order valence-corrected chi connectivity index (χ4v) is 3.61. The topological polar surface area (TPSA) is 56.1 Å². The Bertz CT molecular complexity index is 871. The summed E-state index contributed by atoms with van der Waals surface area (Å²) in [5, 5.41) is 3.92. The molecule has 1 aromatic heterocycles. The van der Waals surface area contributed by atoms with Crippen molar-refractivity contribution >= 4 is 23.4 Å². The third-order valence-electron chi connectivity index (χ3n) is 3.86. The molecule has 3 aromatic rings. The van der Waals surface area contributed by atoms with Crippen LogP contribution in [-0.4, -0.2) is 27.8 Å². The molecule has 126 valence electrons. The van der Waals surface area contributed by atoms with Crippen molar-refractivity contribution < 1.29 is 9.53 Å². The number of ether oxygens (including phenoxy) is 1. The molecule has 2 heterocycles. The van der Waals surface area contributed by atoms with E-state index in [0.717, 1.165) is 34.4 Å². The van der Waals surface area contributed by atoms with Gasteiger partial charge in [0.1, 0.15) is 5.75 Å². The lowest BCUT2D eigenvalue weighted by Gasteiger charge is -2.08. The van der Waals surface area contributed by atoms with Crippen molar-refractivity contribution in [2.24, 2.45) is 0 Å². The van der Waals surface area contributed by atoms with Crippen molar-refractivity contribution in [2.45, 2.75) is 11.7 Å². The number of benzene rings is 2. The van der Waals surface area contributed by atoms with Crippen molar-refractivity contribution in [2.75, 3.05) is 17.7 Å². The normalized spacial score (nSPS) is 12.6. The van der Waals surface area contributed by atoms with E-state index < -0.39 is 0 Å². The Hall–Kier alpha value is -2.73. The van der Waals surface area contributed by atoms with Crippen LogP contribution >= 0.6 is 11.8 Å². The molecule has 0 aliphatic carbocycles. The summed E-state index contributed by atoms with van der Waals surface area (Å²) < 4.78 is 7.63. The third-order valence-corrected chi connectivity index (χ3v) is 4.83. The summed E-state index contributed by atoms with van der Waals surface area (Å²) in [5.74, 6) is 1.57. The molecule has 25 heavy (non-hydrogen) atoms. The third kappa shape index (κ3) is 3.69. The average molecular weight is 351 g/mol. The molecule has 6 heteroatoms. The number of aromatic nitrogens is 2. The Morgan fingerprint density at radius 2 is 2.08 bits per heavy atom. The molecule has 1 N–H and O–H groups in total. The Kier molecular flexibility index (Phi) is 4.43. The molecule has 1 aliphatic heterocycles. The molecule has 0 bridgehead atoms. The second kappa shape index (κ2) is 7.03. The van der Waals surface area contributed by atoms with Crippen LogP contribution < -0.4 is 10.1 Å². The van der Waals surface area contributed by atoms with Gasteiger partial charge in [0.2, 0.25) is 0 Å². The minimum Gasteiger partial charge on any atom is -0.484 e. The van der Waals surface area contributed by atoms with E-state index in [4.69, 9.17) is 4.74 Å². The molecule has 0 unspecified atom stereocenters. The number of carbonyl (C=O) groups is 1. The van der Waals surface area contributed by atoms with Gasteiger partial charge < -0.3 is 14.6 Å². The number of para-hydroxylation sites is 1. The summed E-state index contributed by atoms with van der Waals surface area (Å²) in [6, 6.07) is 17.0. The molecule has 1 aliphatic rings. The number of nitrogens with zero attached hydrogens (tertiary/aromatic N) is 2. The number of imidazole rings is 1. The second-order valence-electron chi connectivity index (χ2n) is 5.68. The highest BCUT2D eigenvalue weighted by Crippen LogP contribution is 2.29. The molecule has 0 spiro atoms. The highest BCUT2D eigenvalue weighted by Gasteiger charge is 2.15. The van der Waals surface area contributed by atoms with Crippen molar-refractivity contribution in [3.63, 3.8) is 0 Å². The minimum atomic E-state index is -0.191. The molecule has 0 saturated heterocycles. The van der Waals surface area contributed by atoms with Gasteiger partial charge in [-0.1, -0.05) is 42.1 Å². The first-order valence-electron chi connectivity index (χ1n) is 8.06. The predicted octanol–water partition coefficient (Wildman–Crippen LogP) is 3.67. The zero-order chi connectivity index (χ0) is 17.1. The maximum absolute atomic E-state index is 12.1. The van der Waals surface area contributed by atoms with Crippen LogP contribution in [0.15, 0.2) is 66.0 Å². The number of anilines is 1. The van der Waals surface area contributed by atoms with Crippen LogP contribution in [0.4, 0.5) is 5.69 Å².